The summed E-state index contributed by atoms with van der Waals surface area (Å²) in [4.78, 5) is 42.9. The molecule has 7 nitrogen and oxygen atoms in total. The lowest BCUT2D eigenvalue weighted by atomic mass is 9.71. The van der Waals surface area contributed by atoms with Gasteiger partial charge in [0.05, 0.1) is 22.8 Å². The molecule has 200 valence electrons. The number of aryl methyl sites for hydroxylation is 1. The van der Waals surface area contributed by atoms with Crippen LogP contribution in [-0.2, 0) is 14.4 Å². The number of carbonyl (C=O) groups excluding carboxylic acids is 3. The van der Waals surface area contributed by atoms with Crippen LogP contribution in [0.4, 0.5) is 0 Å². The Labute approximate surface area is 219 Å². The molecule has 0 spiro atoms. The van der Waals surface area contributed by atoms with Crippen molar-refractivity contribution in [3.63, 3.8) is 0 Å². The summed E-state index contributed by atoms with van der Waals surface area (Å²) in [6, 6.07) is -0.208. The predicted molar refractivity (Wildman–Crippen MR) is 145 cm³/mol. The van der Waals surface area contributed by atoms with Crippen LogP contribution >= 0.6 is 11.3 Å². The second-order valence-corrected chi connectivity index (χ2v) is 11.9. The number of Topliss-reactive ketones (excluding diaryl/α,β-unsaturated/α-hetero) is 1. The highest BCUT2D eigenvalue weighted by Crippen LogP contribution is 2.35. The maximum atomic E-state index is 13.5. The summed E-state index contributed by atoms with van der Waals surface area (Å²) in [5.74, 6) is -1.72. The van der Waals surface area contributed by atoms with Crippen LogP contribution in [0.5, 0.6) is 0 Å². The SMILES string of the molecule is C/C1=C/C[C@@H](/C(C)=C/c2csc(C)n2)NC(=O)CC[C@@](C)(CC(N)=O)C(=O)[C@H](C)[C@@H](O)[C@@H](C)CCC1. The second-order valence-electron chi connectivity index (χ2n) is 10.8. The van der Waals surface area contributed by atoms with E-state index in [1.54, 1.807) is 25.2 Å². The molecule has 0 aliphatic carbocycles. The normalized spacial score (nSPS) is 31.4. The fraction of sp³-hybridized carbons (Fsp3) is 0.643. The van der Waals surface area contributed by atoms with Crippen LogP contribution in [0.15, 0.2) is 22.6 Å². The van der Waals surface area contributed by atoms with E-state index in [1.807, 2.05) is 32.2 Å². The molecule has 0 unspecified atom stereocenters. The van der Waals surface area contributed by atoms with Crippen molar-refractivity contribution < 1.29 is 19.5 Å². The standard InChI is InChI=1S/C28H43N3O4S/c1-17-8-7-9-18(2)26(34)20(4)27(35)28(6,15-24(29)32)13-12-25(33)31-23(11-10-17)19(3)14-22-16-36-21(5)30-22/h10,14,16,18,20,23,26,34H,7-9,11-13,15H2,1-6H3,(H2,29,32)(H,31,33)/b17-10-,19-14+/t18-,20+,23-,26-,28-/m0/s1. The molecule has 1 aliphatic heterocycles. The number of nitrogens with zero attached hydrogens (tertiary/aromatic N) is 1. The van der Waals surface area contributed by atoms with Crippen LogP contribution in [-0.4, -0.2) is 39.8 Å². The Morgan fingerprint density at radius 1 is 1.31 bits per heavy atom. The molecule has 2 heterocycles. The summed E-state index contributed by atoms with van der Waals surface area (Å²) in [5, 5.41) is 17.0. The van der Waals surface area contributed by atoms with Crippen molar-refractivity contribution in [2.24, 2.45) is 23.0 Å². The number of hydrogen-bond acceptors (Lipinski definition) is 6. The van der Waals surface area contributed by atoms with Crippen LogP contribution in [0.25, 0.3) is 6.08 Å². The van der Waals surface area contributed by atoms with E-state index in [-0.39, 0.29) is 42.9 Å². The molecule has 0 saturated carbocycles. The van der Waals surface area contributed by atoms with E-state index in [0.717, 1.165) is 35.5 Å². The van der Waals surface area contributed by atoms with E-state index in [2.05, 4.69) is 23.3 Å². The third-order valence-corrected chi connectivity index (χ3v) is 8.19. The van der Waals surface area contributed by atoms with Crippen molar-refractivity contribution in [1.82, 2.24) is 10.3 Å². The molecule has 0 aromatic carbocycles. The Balaban J connectivity index is 2.35. The molecule has 0 fully saturated rings. The van der Waals surface area contributed by atoms with Gasteiger partial charge in [-0.2, -0.15) is 0 Å². The number of aliphatic hydroxyl groups is 1. The van der Waals surface area contributed by atoms with Crippen molar-refractivity contribution >= 4 is 35.0 Å². The highest BCUT2D eigenvalue weighted by atomic mass is 32.1. The van der Waals surface area contributed by atoms with Crippen molar-refractivity contribution in [3.8, 4) is 0 Å². The van der Waals surface area contributed by atoms with Gasteiger partial charge in [0, 0.05) is 29.6 Å². The largest absolute Gasteiger partial charge is 0.392 e. The Kier molecular flexibility index (Phi) is 11.0. The zero-order valence-corrected chi connectivity index (χ0v) is 23.4. The van der Waals surface area contributed by atoms with Gasteiger partial charge < -0.3 is 16.2 Å². The monoisotopic (exact) mass is 517 g/mol. The smallest absolute Gasteiger partial charge is 0.220 e. The summed E-state index contributed by atoms with van der Waals surface area (Å²) in [7, 11) is 0. The number of amides is 2. The second kappa shape index (κ2) is 13.3. The Hall–Kier alpha value is -2.32. The number of aliphatic hydroxyl groups excluding tert-OH is 1. The number of aromatic nitrogens is 1. The van der Waals surface area contributed by atoms with Gasteiger partial charge in [-0.25, -0.2) is 4.98 Å². The molecule has 2 amide bonds. The highest BCUT2D eigenvalue weighted by Gasteiger charge is 2.41. The number of carbonyl (C=O) groups is 3. The molecule has 0 saturated heterocycles. The molecule has 8 heteroatoms. The lowest BCUT2D eigenvalue weighted by Crippen LogP contribution is -2.43. The summed E-state index contributed by atoms with van der Waals surface area (Å²) < 4.78 is 0. The average Bonchev–Trinajstić information content (AvgIpc) is 3.21. The average molecular weight is 518 g/mol. The van der Waals surface area contributed by atoms with Gasteiger partial charge in [-0.3, -0.25) is 14.4 Å². The van der Waals surface area contributed by atoms with Crippen LogP contribution in [0.3, 0.4) is 0 Å². The first-order chi connectivity index (χ1) is 16.8. The van der Waals surface area contributed by atoms with Gasteiger partial charge in [0.25, 0.3) is 0 Å². The number of rotatable bonds is 4. The van der Waals surface area contributed by atoms with Gasteiger partial charge in [0.15, 0.2) is 0 Å². The number of allylic oxidation sites excluding steroid dienone is 1. The van der Waals surface area contributed by atoms with E-state index in [9.17, 15) is 19.5 Å². The Bertz CT molecular complexity index is 999. The number of ketones is 1. The molecule has 1 aliphatic rings. The molecule has 1 aromatic heterocycles. The minimum atomic E-state index is -1.12. The fourth-order valence-corrected chi connectivity index (χ4v) is 5.54. The van der Waals surface area contributed by atoms with Crippen LogP contribution in [0.2, 0.25) is 0 Å². The van der Waals surface area contributed by atoms with Crippen LogP contribution in [0, 0.1) is 24.2 Å². The zero-order chi connectivity index (χ0) is 27.0. The summed E-state index contributed by atoms with van der Waals surface area (Å²) in [6.07, 6.45) is 6.68. The third-order valence-electron chi connectivity index (χ3n) is 7.40. The van der Waals surface area contributed by atoms with Crippen molar-refractivity contribution in [2.75, 3.05) is 0 Å². The topological polar surface area (TPSA) is 122 Å². The molecule has 4 N–H and O–H groups in total. The third kappa shape index (κ3) is 8.66. The lowest BCUT2D eigenvalue weighted by molar-refractivity contribution is -0.140. The fourth-order valence-electron chi connectivity index (χ4n) is 4.97. The molecular formula is C28H43N3O4S. The quantitative estimate of drug-likeness (QED) is 0.499. The molecule has 36 heavy (non-hydrogen) atoms. The molecular weight excluding hydrogens is 474 g/mol. The van der Waals surface area contributed by atoms with Gasteiger partial charge in [-0.1, -0.05) is 32.4 Å². The Morgan fingerprint density at radius 3 is 2.61 bits per heavy atom. The molecule has 0 radical (unpaired) electrons. The van der Waals surface area contributed by atoms with Gasteiger partial charge in [0.2, 0.25) is 11.8 Å². The van der Waals surface area contributed by atoms with Gasteiger partial charge >= 0.3 is 0 Å². The number of hydrogen-bond donors (Lipinski definition) is 3. The van der Waals surface area contributed by atoms with Crippen molar-refractivity contribution in [1.29, 1.82) is 0 Å². The van der Waals surface area contributed by atoms with E-state index < -0.39 is 23.3 Å². The molecule has 1 aromatic rings. The summed E-state index contributed by atoms with van der Waals surface area (Å²) in [6.45, 7) is 11.4. The van der Waals surface area contributed by atoms with Gasteiger partial charge in [0.1, 0.15) is 5.78 Å². The number of primary amides is 1. The first kappa shape index (κ1) is 29.9. The van der Waals surface area contributed by atoms with Crippen molar-refractivity contribution in [2.45, 2.75) is 98.6 Å². The minimum Gasteiger partial charge on any atom is -0.392 e. The first-order valence-corrected chi connectivity index (χ1v) is 13.8. The highest BCUT2D eigenvalue weighted by molar-refractivity contribution is 7.09. The van der Waals surface area contributed by atoms with E-state index in [1.165, 1.54) is 5.57 Å². The number of nitrogens with two attached hydrogens (primary N) is 1. The van der Waals surface area contributed by atoms with Crippen LogP contribution < -0.4 is 11.1 Å². The van der Waals surface area contributed by atoms with E-state index >= 15 is 0 Å². The summed E-state index contributed by atoms with van der Waals surface area (Å²) in [5.41, 5.74) is 7.48. The summed E-state index contributed by atoms with van der Waals surface area (Å²) >= 11 is 1.58. The molecule has 2 rings (SSSR count). The zero-order valence-electron chi connectivity index (χ0n) is 22.6. The minimum absolute atomic E-state index is 0.0646. The van der Waals surface area contributed by atoms with E-state index in [0.29, 0.717) is 6.42 Å². The van der Waals surface area contributed by atoms with Crippen molar-refractivity contribution in [3.05, 3.63) is 33.3 Å². The van der Waals surface area contributed by atoms with Gasteiger partial charge in [-0.05, 0) is 70.4 Å². The first-order valence-electron chi connectivity index (χ1n) is 12.9. The number of thiazole rings is 1. The Morgan fingerprint density at radius 2 is 2.00 bits per heavy atom. The predicted octanol–water partition coefficient (Wildman–Crippen LogP) is 4.72. The van der Waals surface area contributed by atoms with Crippen LogP contribution in [0.1, 0.15) is 90.3 Å². The maximum Gasteiger partial charge on any atom is 0.220 e. The van der Waals surface area contributed by atoms with E-state index in [4.69, 9.17) is 5.73 Å². The number of nitrogens with one attached hydrogen (secondary N) is 1. The maximum absolute atomic E-state index is 13.5. The van der Waals surface area contributed by atoms with Gasteiger partial charge in [-0.15, -0.1) is 11.3 Å². The molecule has 0 bridgehead atoms. The lowest BCUT2D eigenvalue weighted by Gasteiger charge is -2.33. The molecule has 5 atom stereocenters.